The Labute approximate surface area is 134 Å². The molecule has 1 atom stereocenters. The lowest BCUT2D eigenvalue weighted by Gasteiger charge is -2.26. The molecule has 2 aromatic rings. The van der Waals surface area contributed by atoms with Gasteiger partial charge in [-0.3, -0.25) is 4.79 Å². The van der Waals surface area contributed by atoms with Crippen LogP contribution < -0.4 is 5.32 Å². The van der Waals surface area contributed by atoms with E-state index in [0.717, 1.165) is 29.1 Å². The van der Waals surface area contributed by atoms with E-state index in [2.05, 4.69) is 12.2 Å². The van der Waals surface area contributed by atoms with Gasteiger partial charge in [0.25, 0.3) is 5.91 Å². The van der Waals surface area contributed by atoms with Crippen LogP contribution in [-0.2, 0) is 6.42 Å². The lowest BCUT2D eigenvalue weighted by Crippen LogP contribution is -2.30. The summed E-state index contributed by atoms with van der Waals surface area (Å²) >= 11 is 1.71. The van der Waals surface area contributed by atoms with E-state index >= 15 is 0 Å². The van der Waals surface area contributed by atoms with Gasteiger partial charge in [0, 0.05) is 16.2 Å². The molecule has 0 saturated heterocycles. The first-order valence-corrected chi connectivity index (χ1v) is 8.48. The van der Waals surface area contributed by atoms with E-state index in [9.17, 15) is 9.18 Å². The number of nitrogens with one attached hydrogen (secondary N) is 1. The van der Waals surface area contributed by atoms with Crippen LogP contribution in [0, 0.1) is 5.82 Å². The van der Waals surface area contributed by atoms with Crippen molar-refractivity contribution in [2.24, 2.45) is 0 Å². The topological polar surface area (TPSA) is 29.1 Å². The molecule has 0 aromatic heterocycles. The molecular formula is C18H18FNOS. The van der Waals surface area contributed by atoms with Crippen LogP contribution in [0.5, 0.6) is 0 Å². The summed E-state index contributed by atoms with van der Waals surface area (Å²) in [5.41, 5.74) is 2.74. The van der Waals surface area contributed by atoms with Crippen molar-refractivity contribution in [3.63, 3.8) is 0 Å². The van der Waals surface area contributed by atoms with Gasteiger partial charge in [-0.2, -0.15) is 0 Å². The Balaban J connectivity index is 1.78. The summed E-state index contributed by atoms with van der Waals surface area (Å²) in [6.45, 7) is 2.08. The Bertz CT molecular complexity index is 684. The van der Waals surface area contributed by atoms with Gasteiger partial charge in [-0.1, -0.05) is 19.1 Å². The summed E-state index contributed by atoms with van der Waals surface area (Å²) < 4.78 is 13.5. The molecule has 1 amide bonds. The predicted molar refractivity (Wildman–Crippen MR) is 87.8 cm³/mol. The zero-order valence-electron chi connectivity index (χ0n) is 12.4. The number of fused-ring (bicyclic) bond motifs is 1. The van der Waals surface area contributed by atoms with E-state index in [1.807, 2.05) is 24.3 Å². The van der Waals surface area contributed by atoms with Gasteiger partial charge in [-0.05, 0) is 54.3 Å². The largest absolute Gasteiger partial charge is 0.345 e. The first-order chi connectivity index (χ1) is 10.7. The summed E-state index contributed by atoms with van der Waals surface area (Å²) in [4.78, 5) is 13.5. The number of carbonyl (C=O) groups is 1. The van der Waals surface area contributed by atoms with Gasteiger partial charge in [-0.15, -0.1) is 11.8 Å². The first-order valence-electron chi connectivity index (χ1n) is 7.49. The van der Waals surface area contributed by atoms with Crippen molar-refractivity contribution >= 4 is 17.7 Å². The lowest BCUT2D eigenvalue weighted by atomic mass is 10.0. The highest BCUT2D eigenvalue weighted by Gasteiger charge is 2.23. The smallest absolute Gasteiger partial charge is 0.251 e. The molecule has 0 aliphatic carbocycles. The van der Waals surface area contributed by atoms with Crippen LogP contribution in [0.2, 0.25) is 0 Å². The van der Waals surface area contributed by atoms with Crippen LogP contribution in [0.4, 0.5) is 4.39 Å². The Morgan fingerprint density at radius 1 is 1.27 bits per heavy atom. The average molecular weight is 315 g/mol. The molecule has 0 unspecified atom stereocenters. The molecular weight excluding hydrogens is 297 g/mol. The fourth-order valence-electron chi connectivity index (χ4n) is 2.65. The van der Waals surface area contributed by atoms with Gasteiger partial charge in [0.15, 0.2) is 0 Å². The summed E-state index contributed by atoms with van der Waals surface area (Å²) in [7, 11) is 0. The number of rotatable bonds is 3. The van der Waals surface area contributed by atoms with E-state index in [-0.39, 0.29) is 17.8 Å². The second kappa shape index (κ2) is 6.53. The molecule has 0 saturated carbocycles. The van der Waals surface area contributed by atoms with Crippen molar-refractivity contribution in [3.8, 4) is 0 Å². The summed E-state index contributed by atoms with van der Waals surface area (Å²) in [5, 5.41) is 3.04. The lowest BCUT2D eigenvalue weighted by molar-refractivity contribution is 0.0935. The minimum atomic E-state index is -0.257. The number of aryl methyl sites for hydroxylation is 1. The molecule has 22 heavy (non-hydrogen) atoms. The molecule has 3 rings (SSSR count). The third kappa shape index (κ3) is 3.17. The van der Waals surface area contributed by atoms with E-state index in [1.165, 1.54) is 17.7 Å². The van der Waals surface area contributed by atoms with Crippen LogP contribution in [0.3, 0.4) is 0 Å². The Morgan fingerprint density at radius 2 is 2.05 bits per heavy atom. The molecule has 0 radical (unpaired) electrons. The highest BCUT2D eigenvalue weighted by Crippen LogP contribution is 2.36. The van der Waals surface area contributed by atoms with Crippen molar-refractivity contribution in [2.75, 3.05) is 5.75 Å². The number of hydrogen-bond acceptors (Lipinski definition) is 2. The molecule has 0 spiro atoms. The number of thioether (sulfide) groups is 1. The molecule has 1 N–H and O–H groups in total. The van der Waals surface area contributed by atoms with Crippen LogP contribution in [0.1, 0.15) is 40.9 Å². The Morgan fingerprint density at radius 3 is 2.77 bits per heavy atom. The van der Waals surface area contributed by atoms with Gasteiger partial charge in [-0.25, -0.2) is 4.39 Å². The van der Waals surface area contributed by atoms with Crippen molar-refractivity contribution in [2.45, 2.75) is 30.7 Å². The Hall–Kier alpha value is -1.81. The maximum absolute atomic E-state index is 13.5. The minimum Gasteiger partial charge on any atom is -0.345 e. The molecule has 114 valence electrons. The maximum atomic E-state index is 13.5. The van der Waals surface area contributed by atoms with Gasteiger partial charge in [0.2, 0.25) is 0 Å². The highest BCUT2D eigenvalue weighted by atomic mass is 32.2. The molecule has 1 aliphatic heterocycles. The van der Waals surface area contributed by atoms with E-state index < -0.39 is 0 Å². The predicted octanol–water partition coefficient (Wildman–Crippen LogP) is 4.36. The molecule has 2 nitrogen and oxygen atoms in total. The number of benzene rings is 2. The number of hydrogen-bond donors (Lipinski definition) is 1. The summed E-state index contributed by atoms with van der Waals surface area (Å²) in [5.74, 6) is 0.570. The number of carbonyl (C=O) groups excluding carboxylic acids is 1. The molecule has 0 fully saturated rings. The van der Waals surface area contributed by atoms with Crippen molar-refractivity contribution in [1.29, 1.82) is 0 Å². The maximum Gasteiger partial charge on any atom is 0.251 e. The SMILES string of the molecule is CCc1ccc(C(=O)N[C@@H]2CCSc3ccc(F)cc32)cc1. The highest BCUT2D eigenvalue weighted by molar-refractivity contribution is 7.99. The normalized spacial score (nSPS) is 16.9. The zero-order chi connectivity index (χ0) is 15.5. The van der Waals surface area contributed by atoms with Crippen molar-refractivity contribution in [1.82, 2.24) is 5.32 Å². The third-order valence-corrected chi connectivity index (χ3v) is 5.06. The third-order valence-electron chi connectivity index (χ3n) is 3.94. The second-order valence-corrected chi connectivity index (χ2v) is 6.53. The monoisotopic (exact) mass is 315 g/mol. The van der Waals surface area contributed by atoms with Crippen LogP contribution in [0.15, 0.2) is 47.4 Å². The van der Waals surface area contributed by atoms with Crippen LogP contribution in [-0.4, -0.2) is 11.7 Å². The van der Waals surface area contributed by atoms with Gasteiger partial charge >= 0.3 is 0 Å². The van der Waals surface area contributed by atoms with E-state index in [0.29, 0.717) is 5.56 Å². The standard InChI is InChI=1S/C18H18FNOS/c1-2-12-3-5-13(6-4-12)18(21)20-16-9-10-22-17-8-7-14(19)11-15(16)17/h3-8,11,16H,2,9-10H2,1H3,(H,20,21)/t16-/m1/s1. The Kier molecular flexibility index (Phi) is 4.48. The molecule has 4 heteroatoms. The van der Waals surface area contributed by atoms with Crippen LogP contribution in [0.25, 0.3) is 0 Å². The summed E-state index contributed by atoms with van der Waals surface area (Å²) in [6, 6.07) is 12.3. The first kappa shape index (κ1) is 15.1. The molecule has 0 bridgehead atoms. The van der Waals surface area contributed by atoms with Gasteiger partial charge in [0.1, 0.15) is 5.82 Å². The second-order valence-electron chi connectivity index (χ2n) is 5.40. The van der Waals surface area contributed by atoms with Gasteiger partial charge < -0.3 is 5.32 Å². The van der Waals surface area contributed by atoms with Crippen LogP contribution >= 0.6 is 11.8 Å². The molecule has 1 heterocycles. The van der Waals surface area contributed by atoms with E-state index in [4.69, 9.17) is 0 Å². The minimum absolute atomic E-state index is 0.102. The quantitative estimate of drug-likeness (QED) is 0.912. The molecule has 2 aromatic carbocycles. The number of halogens is 1. The van der Waals surface area contributed by atoms with Crippen molar-refractivity contribution < 1.29 is 9.18 Å². The van der Waals surface area contributed by atoms with Crippen molar-refractivity contribution in [3.05, 3.63) is 65.0 Å². The fraction of sp³-hybridized carbons (Fsp3) is 0.278. The van der Waals surface area contributed by atoms with Gasteiger partial charge in [0.05, 0.1) is 6.04 Å². The average Bonchev–Trinajstić information content (AvgIpc) is 2.55. The summed E-state index contributed by atoms with van der Waals surface area (Å²) in [6.07, 6.45) is 1.77. The zero-order valence-corrected chi connectivity index (χ0v) is 13.3. The number of amides is 1. The fourth-order valence-corrected chi connectivity index (χ4v) is 3.75. The van der Waals surface area contributed by atoms with E-state index in [1.54, 1.807) is 17.8 Å². The molecule has 1 aliphatic rings.